The summed E-state index contributed by atoms with van der Waals surface area (Å²) < 4.78 is 1.44. The maximum Gasteiger partial charge on any atom is 0.0345 e. The van der Waals surface area contributed by atoms with Gasteiger partial charge in [-0.05, 0) is 74.1 Å². The molecule has 0 spiro atoms. The standard InChI is InChI=1S/C20H28N2S/c1-2-9-20-19(8-1)17(16-23-20)10-14-21-11-4-3-7-18(15-21)22-12-5-6-13-22/h1-2,8-9,16,18H,3-7,10-15H2. The van der Waals surface area contributed by atoms with Gasteiger partial charge in [0.05, 0.1) is 0 Å². The van der Waals surface area contributed by atoms with Crippen LogP contribution >= 0.6 is 11.3 Å². The summed E-state index contributed by atoms with van der Waals surface area (Å²) in [6, 6.07) is 9.68. The van der Waals surface area contributed by atoms with Crippen LogP contribution in [-0.4, -0.2) is 48.6 Å². The Morgan fingerprint density at radius 3 is 2.74 bits per heavy atom. The van der Waals surface area contributed by atoms with Gasteiger partial charge in [0.1, 0.15) is 0 Å². The van der Waals surface area contributed by atoms with E-state index < -0.39 is 0 Å². The Hall–Kier alpha value is -0.900. The summed E-state index contributed by atoms with van der Waals surface area (Å²) in [7, 11) is 0. The highest BCUT2D eigenvalue weighted by Crippen LogP contribution is 2.26. The van der Waals surface area contributed by atoms with Crippen LogP contribution in [-0.2, 0) is 6.42 Å². The van der Waals surface area contributed by atoms with E-state index in [0.717, 1.165) is 6.04 Å². The van der Waals surface area contributed by atoms with Gasteiger partial charge in [-0.2, -0.15) is 0 Å². The van der Waals surface area contributed by atoms with Crippen LogP contribution in [0.5, 0.6) is 0 Å². The van der Waals surface area contributed by atoms with Gasteiger partial charge in [-0.1, -0.05) is 24.6 Å². The van der Waals surface area contributed by atoms with E-state index in [0.29, 0.717) is 0 Å². The third-order valence-corrected chi connectivity index (χ3v) is 6.66. The van der Waals surface area contributed by atoms with Gasteiger partial charge in [0.2, 0.25) is 0 Å². The summed E-state index contributed by atoms with van der Waals surface area (Å²) in [4.78, 5) is 5.50. The van der Waals surface area contributed by atoms with Crippen molar-refractivity contribution >= 4 is 21.4 Å². The predicted octanol–water partition coefficient (Wildman–Crippen LogP) is 4.39. The van der Waals surface area contributed by atoms with E-state index in [1.54, 1.807) is 5.56 Å². The normalized spacial score (nSPS) is 24.3. The highest BCUT2D eigenvalue weighted by molar-refractivity contribution is 7.17. The molecule has 2 nitrogen and oxygen atoms in total. The Morgan fingerprint density at radius 1 is 1.00 bits per heavy atom. The zero-order chi connectivity index (χ0) is 15.5. The average molecular weight is 329 g/mol. The molecule has 2 aromatic rings. The van der Waals surface area contributed by atoms with Crippen molar-refractivity contribution in [1.82, 2.24) is 9.80 Å². The van der Waals surface area contributed by atoms with Crippen LogP contribution in [0.3, 0.4) is 0 Å². The molecular formula is C20H28N2S. The number of hydrogen-bond acceptors (Lipinski definition) is 3. The summed E-state index contributed by atoms with van der Waals surface area (Å²) in [5.74, 6) is 0. The van der Waals surface area contributed by atoms with Gasteiger partial charge >= 0.3 is 0 Å². The maximum absolute atomic E-state index is 2.76. The van der Waals surface area contributed by atoms with Crippen LogP contribution in [0.15, 0.2) is 29.6 Å². The number of fused-ring (bicyclic) bond motifs is 1. The van der Waals surface area contributed by atoms with Crippen molar-refractivity contribution in [2.45, 2.75) is 44.6 Å². The minimum atomic E-state index is 0.819. The summed E-state index contributed by atoms with van der Waals surface area (Å²) in [6.45, 7) is 6.50. The maximum atomic E-state index is 2.76. The molecule has 3 heterocycles. The number of rotatable bonds is 4. The van der Waals surface area contributed by atoms with Crippen LogP contribution in [0, 0.1) is 0 Å². The van der Waals surface area contributed by atoms with E-state index in [-0.39, 0.29) is 0 Å². The lowest BCUT2D eigenvalue weighted by Crippen LogP contribution is -2.42. The SMILES string of the molecule is c1ccc2c(CCN3CCCCC(N4CCCC4)C3)csc2c1. The molecule has 0 radical (unpaired) electrons. The number of likely N-dealkylation sites (tertiary alicyclic amines) is 2. The first-order valence-electron chi connectivity index (χ1n) is 9.32. The monoisotopic (exact) mass is 328 g/mol. The molecule has 23 heavy (non-hydrogen) atoms. The number of hydrogen-bond donors (Lipinski definition) is 0. The van der Waals surface area contributed by atoms with Crippen molar-refractivity contribution in [1.29, 1.82) is 0 Å². The molecule has 0 N–H and O–H groups in total. The van der Waals surface area contributed by atoms with Crippen LogP contribution in [0.4, 0.5) is 0 Å². The second-order valence-corrected chi connectivity index (χ2v) is 8.11. The van der Waals surface area contributed by atoms with Gasteiger partial charge < -0.3 is 4.90 Å². The minimum Gasteiger partial charge on any atom is -0.301 e. The van der Waals surface area contributed by atoms with Crippen molar-refractivity contribution in [2.24, 2.45) is 0 Å². The lowest BCUT2D eigenvalue weighted by molar-refractivity contribution is 0.172. The molecule has 1 aromatic carbocycles. The minimum absolute atomic E-state index is 0.819. The molecule has 124 valence electrons. The van der Waals surface area contributed by atoms with E-state index in [1.807, 2.05) is 11.3 Å². The predicted molar refractivity (Wildman–Crippen MR) is 100 cm³/mol. The molecular weight excluding hydrogens is 300 g/mol. The molecule has 2 aliphatic heterocycles. The summed E-state index contributed by atoms with van der Waals surface area (Å²) in [6.07, 6.45) is 8.25. The first-order valence-corrected chi connectivity index (χ1v) is 10.2. The molecule has 4 rings (SSSR count). The lowest BCUT2D eigenvalue weighted by Gasteiger charge is -2.30. The van der Waals surface area contributed by atoms with E-state index in [1.165, 1.54) is 81.3 Å². The second-order valence-electron chi connectivity index (χ2n) is 7.20. The molecule has 1 unspecified atom stereocenters. The van der Waals surface area contributed by atoms with Crippen molar-refractivity contribution in [3.8, 4) is 0 Å². The number of nitrogens with zero attached hydrogens (tertiary/aromatic N) is 2. The molecule has 0 amide bonds. The van der Waals surface area contributed by atoms with Gasteiger partial charge in [0, 0.05) is 23.8 Å². The average Bonchev–Trinajstić information content (AvgIpc) is 3.19. The van der Waals surface area contributed by atoms with Gasteiger partial charge in [-0.15, -0.1) is 11.3 Å². The first kappa shape index (κ1) is 15.6. The first-order chi connectivity index (χ1) is 11.4. The van der Waals surface area contributed by atoms with Gasteiger partial charge in [-0.3, -0.25) is 4.90 Å². The summed E-state index contributed by atoms with van der Waals surface area (Å²) in [5, 5.41) is 3.85. The second kappa shape index (κ2) is 7.33. The molecule has 2 fully saturated rings. The Balaban J connectivity index is 1.39. The summed E-state index contributed by atoms with van der Waals surface area (Å²) >= 11 is 1.90. The molecule has 0 aliphatic carbocycles. The lowest BCUT2D eigenvalue weighted by atomic mass is 10.1. The third-order valence-electron chi connectivity index (χ3n) is 5.65. The molecule has 0 saturated carbocycles. The Labute approximate surface area is 144 Å². The smallest absolute Gasteiger partial charge is 0.0345 e. The van der Waals surface area contributed by atoms with Crippen molar-refractivity contribution < 1.29 is 0 Å². The highest BCUT2D eigenvalue weighted by Gasteiger charge is 2.25. The van der Waals surface area contributed by atoms with Crippen molar-refractivity contribution in [3.05, 3.63) is 35.2 Å². The largest absolute Gasteiger partial charge is 0.301 e. The van der Waals surface area contributed by atoms with Gasteiger partial charge in [-0.25, -0.2) is 0 Å². The molecule has 0 bridgehead atoms. The number of thiophene rings is 1. The van der Waals surface area contributed by atoms with E-state index in [2.05, 4.69) is 39.4 Å². The Morgan fingerprint density at radius 2 is 1.83 bits per heavy atom. The zero-order valence-corrected chi connectivity index (χ0v) is 14.9. The third kappa shape index (κ3) is 3.62. The van der Waals surface area contributed by atoms with E-state index >= 15 is 0 Å². The molecule has 3 heteroatoms. The summed E-state index contributed by atoms with van der Waals surface area (Å²) in [5.41, 5.74) is 1.55. The van der Waals surface area contributed by atoms with Gasteiger partial charge in [0.15, 0.2) is 0 Å². The van der Waals surface area contributed by atoms with Crippen molar-refractivity contribution in [2.75, 3.05) is 32.7 Å². The van der Waals surface area contributed by atoms with Crippen LogP contribution < -0.4 is 0 Å². The molecule has 1 atom stereocenters. The fourth-order valence-electron chi connectivity index (χ4n) is 4.31. The number of benzene rings is 1. The van der Waals surface area contributed by atoms with Crippen LogP contribution in [0.1, 0.15) is 37.7 Å². The topological polar surface area (TPSA) is 6.48 Å². The Kier molecular flexibility index (Phi) is 4.98. The Bertz CT molecular complexity index is 629. The van der Waals surface area contributed by atoms with Crippen molar-refractivity contribution in [3.63, 3.8) is 0 Å². The quantitative estimate of drug-likeness (QED) is 0.821. The fourth-order valence-corrected chi connectivity index (χ4v) is 5.31. The highest BCUT2D eigenvalue weighted by atomic mass is 32.1. The fraction of sp³-hybridized carbons (Fsp3) is 0.600. The molecule has 1 aromatic heterocycles. The van der Waals surface area contributed by atoms with Crippen LogP contribution in [0.2, 0.25) is 0 Å². The molecule has 2 saturated heterocycles. The van der Waals surface area contributed by atoms with Crippen LogP contribution in [0.25, 0.3) is 10.1 Å². The van der Waals surface area contributed by atoms with Gasteiger partial charge in [0.25, 0.3) is 0 Å². The zero-order valence-electron chi connectivity index (χ0n) is 14.0. The molecule has 2 aliphatic rings. The van der Waals surface area contributed by atoms with E-state index in [4.69, 9.17) is 0 Å². The van der Waals surface area contributed by atoms with E-state index in [9.17, 15) is 0 Å².